The van der Waals surface area contributed by atoms with Crippen LogP contribution in [0.2, 0.25) is 0 Å². The Balaban J connectivity index is 2.06. The molecule has 1 saturated carbocycles. The van der Waals surface area contributed by atoms with Crippen LogP contribution in [-0.4, -0.2) is 11.1 Å². The van der Waals surface area contributed by atoms with Gasteiger partial charge in [-0.3, -0.25) is 0 Å². The van der Waals surface area contributed by atoms with E-state index >= 15 is 0 Å². The topological polar surface area (TPSA) is 59.4 Å². The number of rotatable bonds is 1. The van der Waals surface area contributed by atoms with Crippen LogP contribution in [0.3, 0.4) is 0 Å². The highest BCUT2D eigenvalue weighted by Crippen LogP contribution is 2.40. The second kappa shape index (κ2) is 3.34. The van der Waals surface area contributed by atoms with Gasteiger partial charge in [0.25, 0.3) is 0 Å². The molecule has 3 rings (SSSR count). The van der Waals surface area contributed by atoms with E-state index in [0.29, 0.717) is 18.6 Å². The number of aliphatic hydroxyl groups is 1. The quantitative estimate of drug-likeness (QED) is 0.769. The van der Waals surface area contributed by atoms with Gasteiger partial charge in [-0.2, -0.15) is 0 Å². The Labute approximate surface area is 93.9 Å². The maximum atomic E-state index is 10.5. The Kier molecular flexibility index (Phi) is 2.06. The van der Waals surface area contributed by atoms with Gasteiger partial charge >= 0.3 is 0 Å². The van der Waals surface area contributed by atoms with Crippen LogP contribution in [0, 0.1) is 0 Å². The SMILES string of the molecule is NC1CCC(O)(c2cc3ccccc3o2)C1. The molecule has 1 heterocycles. The first-order valence-corrected chi connectivity index (χ1v) is 5.64. The lowest BCUT2D eigenvalue weighted by Crippen LogP contribution is -2.24. The van der Waals surface area contributed by atoms with Gasteiger partial charge in [-0.1, -0.05) is 18.2 Å². The van der Waals surface area contributed by atoms with Crippen LogP contribution >= 0.6 is 0 Å². The normalized spacial score (nSPS) is 30.0. The van der Waals surface area contributed by atoms with Crippen LogP contribution in [-0.2, 0) is 5.60 Å². The Morgan fingerprint density at radius 2 is 2.19 bits per heavy atom. The molecule has 16 heavy (non-hydrogen) atoms. The number of benzene rings is 1. The van der Waals surface area contributed by atoms with Gasteiger partial charge in [-0.25, -0.2) is 0 Å². The first-order valence-electron chi connectivity index (χ1n) is 5.64. The molecule has 1 aliphatic rings. The van der Waals surface area contributed by atoms with Gasteiger partial charge in [0.05, 0.1) is 0 Å². The zero-order valence-electron chi connectivity index (χ0n) is 9.02. The first-order chi connectivity index (χ1) is 7.67. The monoisotopic (exact) mass is 217 g/mol. The van der Waals surface area contributed by atoms with Crippen molar-refractivity contribution < 1.29 is 9.52 Å². The molecule has 3 heteroatoms. The third-order valence-electron chi connectivity index (χ3n) is 3.41. The van der Waals surface area contributed by atoms with E-state index in [1.54, 1.807) is 0 Å². The summed E-state index contributed by atoms with van der Waals surface area (Å²) in [5.41, 5.74) is 5.80. The minimum absolute atomic E-state index is 0.0817. The maximum absolute atomic E-state index is 10.5. The van der Waals surface area contributed by atoms with Crippen LogP contribution < -0.4 is 5.73 Å². The predicted octanol–water partition coefficient (Wildman–Crippen LogP) is 2.13. The molecule has 84 valence electrons. The van der Waals surface area contributed by atoms with Crippen molar-refractivity contribution >= 4 is 11.0 Å². The third kappa shape index (κ3) is 1.44. The maximum Gasteiger partial charge on any atom is 0.136 e. The summed E-state index contributed by atoms with van der Waals surface area (Å²) >= 11 is 0. The Hall–Kier alpha value is -1.32. The zero-order valence-corrected chi connectivity index (χ0v) is 9.02. The summed E-state index contributed by atoms with van der Waals surface area (Å²) < 4.78 is 5.70. The summed E-state index contributed by atoms with van der Waals surface area (Å²) in [5, 5.41) is 11.5. The molecule has 1 fully saturated rings. The van der Waals surface area contributed by atoms with Crippen LogP contribution in [0.15, 0.2) is 34.7 Å². The number of hydrogen-bond donors (Lipinski definition) is 2. The molecule has 0 bridgehead atoms. The lowest BCUT2D eigenvalue weighted by atomic mass is 9.98. The highest BCUT2D eigenvalue weighted by Gasteiger charge is 2.40. The molecular formula is C13H15NO2. The predicted molar refractivity (Wildman–Crippen MR) is 61.9 cm³/mol. The average Bonchev–Trinajstić information content (AvgIpc) is 2.83. The van der Waals surface area contributed by atoms with Crippen molar-refractivity contribution in [3.05, 3.63) is 36.1 Å². The molecule has 0 spiro atoms. The molecule has 0 aliphatic heterocycles. The molecule has 2 unspecified atom stereocenters. The van der Waals surface area contributed by atoms with Crippen molar-refractivity contribution in [3.8, 4) is 0 Å². The largest absolute Gasteiger partial charge is 0.458 e. The van der Waals surface area contributed by atoms with Crippen molar-refractivity contribution in [2.45, 2.75) is 30.9 Å². The van der Waals surface area contributed by atoms with Gasteiger partial charge < -0.3 is 15.3 Å². The summed E-state index contributed by atoms with van der Waals surface area (Å²) in [6.45, 7) is 0. The average molecular weight is 217 g/mol. The molecule has 1 aliphatic carbocycles. The van der Waals surface area contributed by atoms with Crippen LogP contribution in [0.25, 0.3) is 11.0 Å². The third-order valence-corrected chi connectivity index (χ3v) is 3.41. The van der Waals surface area contributed by atoms with E-state index in [0.717, 1.165) is 17.4 Å². The molecule has 1 aromatic heterocycles. The Morgan fingerprint density at radius 1 is 1.38 bits per heavy atom. The van der Waals surface area contributed by atoms with Crippen molar-refractivity contribution in [1.82, 2.24) is 0 Å². The van der Waals surface area contributed by atoms with E-state index in [1.165, 1.54) is 0 Å². The molecule has 3 N–H and O–H groups in total. The van der Waals surface area contributed by atoms with Gasteiger partial charge in [0, 0.05) is 11.4 Å². The van der Waals surface area contributed by atoms with Crippen LogP contribution in [0.5, 0.6) is 0 Å². The molecule has 2 aromatic rings. The lowest BCUT2D eigenvalue weighted by Gasteiger charge is -2.18. The first kappa shape index (κ1) is 9.87. The van der Waals surface area contributed by atoms with Crippen LogP contribution in [0.4, 0.5) is 0 Å². The smallest absolute Gasteiger partial charge is 0.136 e. The summed E-state index contributed by atoms with van der Waals surface area (Å²) in [6, 6.07) is 9.80. The minimum atomic E-state index is -0.863. The molecule has 1 aromatic carbocycles. The number of hydrogen-bond acceptors (Lipinski definition) is 3. The molecule has 3 nitrogen and oxygen atoms in total. The van der Waals surface area contributed by atoms with Crippen molar-refractivity contribution in [1.29, 1.82) is 0 Å². The van der Waals surface area contributed by atoms with Gasteiger partial charge in [-0.15, -0.1) is 0 Å². The van der Waals surface area contributed by atoms with Gasteiger partial charge in [0.2, 0.25) is 0 Å². The number of para-hydroxylation sites is 1. The van der Waals surface area contributed by atoms with E-state index in [1.807, 2.05) is 30.3 Å². The second-order valence-electron chi connectivity index (χ2n) is 4.68. The summed E-state index contributed by atoms with van der Waals surface area (Å²) in [4.78, 5) is 0. The zero-order chi connectivity index (χ0) is 11.2. The summed E-state index contributed by atoms with van der Waals surface area (Å²) in [6.07, 6.45) is 2.13. The minimum Gasteiger partial charge on any atom is -0.458 e. The van der Waals surface area contributed by atoms with Gasteiger partial charge in [0.1, 0.15) is 16.9 Å². The number of fused-ring (bicyclic) bond motifs is 1. The fraction of sp³-hybridized carbons (Fsp3) is 0.385. The van der Waals surface area contributed by atoms with Crippen molar-refractivity contribution in [2.75, 3.05) is 0 Å². The van der Waals surface area contributed by atoms with Gasteiger partial charge in [-0.05, 0) is 31.4 Å². The highest BCUT2D eigenvalue weighted by molar-refractivity contribution is 5.77. The number of furan rings is 1. The Morgan fingerprint density at radius 3 is 2.88 bits per heavy atom. The summed E-state index contributed by atoms with van der Waals surface area (Å²) in [7, 11) is 0. The standard InChI is InChI=1S/C13H15NO2/c14-10-5-6-13(15,8-10)12-7-9-3-1-2-4-11(9)16-12/h1-4,7,10,15H,5-6,8,14H2. The fourth-order valence-corrected chi connectivity index (χ4v) is 2.50. The van der Waals surface area contributed by atoms with Crippen molar-refractivity contribution in [3.63, 3.8) is 0 Å². The lowest BCUT2D eigenvalue weighted by molar-refractivity contribution is 0.0222. The summed E-state index contributed by atoms with van der Waals surface area (Å²) in [5.74, 6) is 0.654. The molecule has 2 atom stereocenters. The molecule has 0 radical (unpaired) electrons. The van der Waals surface area contributed by atoms with E-state index in [9.17, 15) is 5.11 Å². The van der Waals surface area contributed by atoms with E-state index in [2.05, 4.69) is 0 Å². The molecular weight excluding hydrogens is 202 g/mol. The molecule has 0 amide bonds. The number of nitrogens with two attached hydrogens (primary N) is 1. The fourth-order valence-electron chi connectivity index (χ4n) is 2.50. The van der Waals surface area contributed by atoms with E-state index in [4.69, 9.17) is 10.2 Å². The highest BCUT2D eigenvalue weighted by atomic mass is 16.4. The van der Waals surface area contributed by atoms with Crippen LogP contribution in [0.1, 0.15) is 25.0 Å². The Bertz CT molecular complexity index is 486. The van der Waals surface area contributed by atoms with Gasteiger partial charge in [0.15, 0.2) is 0 Å². The van der Waals surface area contributed by atoms with E-state index in [-0.39, 0.29) is 6.04 Å². The van der Waals surface area contributed by atoms with E-state index < -0.39 is 5.60 Å². The van der Waals surface area contributed by atoms with Crippen molar-refractivity contribution in [2.24, 2.45) is 5.73 Å². The molecule has 0 saturated heterocycles. The second-order valence-corrected chi connectivity index (χ2v) is 4.68.